The molecule has 0 bridgehead atoms. The largest absolute Gasteiger partial charge is 0.493 e. The summed E-state index contributed by atoms with van der Waals surface area (Å²) in [5.74, 6) is 1.08. The number of aliphatic imine (C=N–C) groups is 1. The zero-order chi connectivity index (χ0) is 23.4. The minimum Gasteiger partial charge on any atom is -0.493 e. The first kappa shape index (κ1) is 23.2. The van der Waals surface area contributed by atoms with Gasteiger partial charge in [0.1, 0.15) is 0 Å². The van der Waals surface area contributed by atoms with Crippen LogP contribution in [0.25, 0.3) is 6.08 Å². The second kappa shape index (κ2) is 10.3. The lowest BCUT2D eigenvalue weighted by molar-refractivity contribution is -0.113. The third-order valence-corrected chi connectivity index (χ3v) is 6.20. The Bertz CT molecular complexity index is 1230. The van der Waals surface area contributed by atoms with E-state index in [9.17, 15) is 4.79 Å². The van der Waals surface area contributed by atoms with Crippen molar-refractivity contribution in [2.45, 2.75) is 6.92 Å². The number of halogens is 2. The molecule has 1 aliphatic rings. The maximum Gasteiger partial charge on any atom is 0.271 e. The fourth-order valence-corrected chi connectivity index (χ4v) is 4.45. The van der Waals surface area contributed by atoms with E-state index in [-0.39, 0.29) is 5.91 Å². The molecule has 0 radical (unpaired) electrons. The minimum absolute atomic E-state index is 0.177. The first-order valence-electron chi connectivity index (χ1n) is 10.1. The second-order valence-electron chi connectivity index (χ2n) is 6.94. The number of amides is 1. The van der Waals surface area contributed by atoms with E-state index in [1.165, 1.54) is 11.8 Å². The van der Waals surface area contributed by atoms with Crippen molar-refractivity contribution in [3.8, 4) is 11.5 Å². The number of amidine groups is 1. The topological polar surface area (TPSA) is 51.1 Å². The summed E-state index contributed by atoms with van der Waals surface area (Å²) in [7, 11) is 1.59. The van der Waals surface area contributed by atoms with Crippen molar-refractivity contribution in [3.63, 3.8) is 0 Å². The van der Waals surface area contributed by atoms with Crippen LogP contribution in [0.4, 0.5) is 11.4 Å². The molecule has 3 aromatic carbocycles. The number of ether oxygens (including phenoxy) is 2. The fraction of sp³-hybridized carbons (Fsp3) is 0.120. The van der Waals surface area contributed by atoms with E-state index in [1.807, 2.05) is 31.2 Å². The number of hydrogen-bond donors (Lipinski definition) is 0. The first-order valence-corrected chi connectivity index (χ1v) is 11.7. The van der Waals surface area contributed by atoms with Crippen molar-refractivity contribution < 1.29 is 14.3 Å². The number of thioether (sulfide) groups is 1. The van der Waals surface area contributed by atoms with Gasteiger partial charge >= 0.3 is 0 Å². The summed E-state index contributed by atoms with van der Waals surface area (Å²) >= 11 is 13.4. The quantitative estimate of drug-likeness (QED) is 0.337. The molecule has 0 saturated carbocycles. The summed E-state index contributed by atoms with van der Waals surface area (Å²) in [6.45, 7) is 2.41. The van der Waals surface area contributed by atoms with E-state index in [0.29, 0.717) is 49.6 Å². The van der Waals surface area contributed by atoms with Gasteiger partial charge < -0.3 is 9.47 Å². The Morgan fingerprint density at radius 3 is 2.27 bits per heavy atom. The average Bonchev–Trinajstić information content (AvgIpc) is 3.11. The van der Waals surface area contributed by atoms with Crippen LogP contribution in [-0.2, 0) is 4.79 Å². The third kappa shape index (κ3) is 5.36. The highest BCUT2D eigenvalue weighted by molar-refractivity contribution is 8.19. The van der Waals surface area contributed by atoms with Crippen LogP contribution in [0, 0.1) is 0 Å². The highest BCUT2D eigenvalue weighted by Crippen LogP contribution is 2.38. The highest BCUT2D eigenvalue weighted by atomic mass is 35.5. The zero-order valence-electron chi connectivity index (χ0n) is 17.9. The molecule has 0 aromatic heterocycles. The fourth-order valence-electron chi connectivity index (χ4n) is 3.20. The molecule has 1 amide bonds. The highest BCUT2D eigenvalue weighted by Gasteiger charge is 2.34. The molecule has 3 aromatic rings. The van der Waals surface area contributed by atoms with E-state index in [1.54, 1.807) is 60.5 Å². The van der Waals surface area contributed by atoms with Crippen molar-refractivity contribution in [3.05, 3.63) is 87.2 Å². The van der Waals surface area contributed by atoms with Crippen LogP contribution in [-0.4, -0.2) is 24.8 Å². The van der Waals surface area contributed by atoms with Crippen LogP contribution in [0.3, 0.4) is 0 Å². The molecular formula is C25H20Cl2N2O3S. The molecule has 0 N–H and O–H groups in total. The Morgan fingerprint density at radius 2 is 1.64 bits per heavy atom. The first-order chi connectivity index (χ1) is 16.0. The number of nitrogens with zero attached hydrogens (tertiary/aromatic N) is 2. The van der Waals surface area contributed by atoms with Crippen LogP contribution < -0.4 is 14.4 Å². The van der Waals surface area contributed by atoms with Gasteiger partial charge in [0.15, 0.2) is 16.7 Å². The standard InChI is InChI=1S/C25H20Cl2N2O3S/c1-3-32-22-14-16(4-13-21(22)31-2)15-23-24(30)29(20-11-7-18(27)8-12-20)25(33-23)28-19-9-5-17(26)6-10-19/h4-15H,3H2,1-2H3/b23-15-,28-25?. The van der Waals surface area contributed by atoms with Gasteiger partial charge in [0, 0.05) is 10.0 Å². The Morgan fingerprint density at radius 1 is 0.970 bits per heavy atom. The van der Waals surface area contributed by atoms with Crippen LogP contribution in [0.2, 0.25) is 10.0 Å². The minimum atomic E-state index is -0.177. The van der Waals surface area contributed by atoms with E-state index < -0.39 is 0 Å². The van der Waals surface area contributed by atoms with Crippen LogP contribution in [0.5, 0.6) is 11.5 Å². The lowest BCUT2D eigenvalue weighted by Crippen LogP contribution is -2.28. The van der Waals surface area contributed by atoms with E-state index in [0.717, 1.165) is 5.56 Å². The zero-order valence-corrected chi connectivity index (χ0v) is 20.2. The molecule has 5 nitrogen and oxygen atoms in total. The Hall–Kier alpha value is -2.93. The molecule has 1 fully saturated rings. The number of methoxy groups -OCH3 is 1. The van der Waals surface area contributed by atoms with Gasteiger partial charge in [-0.25, -0.2) is 4.99 Å². The van der Waals surface area contributed by atoms with Crippen LogP contribution in [0.1, 0.15) is 12.5 Å². The van der Waals surface area contributed by atoms with E-state index in [2.05, 4.69) is 0 Å². The van der Waals surface area contributed by atoms with E-state index >= 15 is 0 Å². The van der Waals surface area contributed by atoms with Crippen molar-refractivity contribution in [2.24, 2.45) is 4.99 Å². The van der Waals surface area contributed by atoms with Gasteiger partial charge in [-0.05, 0) is 91.0 Å². The molecule has 168 valence electrons. The summed E-state index contributed by atoms with van der Waals surface area (Å²) in [4.78, 5) is 20.2. The molecule has 1 saturated heterocycles. The molecular weight excluding hydrogens is 479 g/mol. The SMILES string of the molecule is CCOc1cc(/C=C2\SC(=Nc3ccc(Cl)cc3)N(c3ccc(Cl)cc3)C2=O)ccc1OC. The van der Waals surface area contributed by atoms with Crippen molar-refractivity contribution >= 4 is 63.5 Å². The predicted molar refractivity (Wildman–Crippen MR) is 137 cm³/mol. The van der Waals surface area contributed by atoms with Gasteiger partial charge in [-0.2, -0.15) is 0 Å². The molecule has 1 aliphatic heterocycles. The molecule has 0 unspecified atom stereocenters. The van der Waals surface area contributed by atoms with E-state index in [4.69, 9.17) is 37.7 Å². The lowest BCUT2D eigenvalue weighted by atomic mass is 10.2. The van der Waals surface area contributed by atoms with Crippen LogP contribution >= 0.6 is 35.0 Å². The van der Waals surface area contributed by atoms with Gasteiger partial charge in [-0.1, -0.05) is 29.3 Å². The van der Waals surface area contributed by atoms with Crippen molar-refractivity contribution in [1.82, 2.24) is 0 Å². The van der Waals surface area contributed by atoms with Gasteiger partial charge in [-0.15, -0.1) is 0 Å². The Kier molecular flexibility index (Phi) is 7.28. The summed E-state index contributed by atoms with van der Waals surface area (Å²) in [6.07, 6.45) is 1.82. The molecule has 8 heteroatoms. The molecule has 33 heavy (non-hydrogen) atoms. The normalized spacial score (nSPS) is 16.0. The van der Waals surface area contributed by atoms with Gasteiger partial charge in [0.05, 0.1) is 30.0 Å². The summed E-state index contributed by atoms with van der Waals surface area (Å²) < 4.78 is 11.0. The number of hydrogen-bond acceptors (Lipinski definition) is 5. The maximum absolute atomic E-state index is 13.4. The monoisotopic (exact) mass is 498 g/mol. The molecule has 0 aliphatic carbocycles. The Labute approximate surface area is 206 Å². The summed E-state index contributed by atoms with van der Waals surface area (Å²) in [5, 5.41) is 1.75. The van der Waals surface area contributed by atoms with Gasteiger partial charge in [-0.3, -0.25) is 9.69 Å². The smallest absolute Gasteiger partial charge is 0.271 e. The molecule has 0 spiro atoms. The number of carbonyl (C=O) groups excluding carboxylic acids is 1. The van der Waals surface area contributed by atoms with Crippen molar-refractivity contribution in [2.75, 3.05) is 18.6 Å². The average molecular weight is 499 g/mol. The predicted octanol–water partition coefficient (Wildman–Crippen LogP) is 7.21. The molecule has 0 atom stereocenters. The number of rotatable bonds is 6. The van der Waals surface area contributed by atoms with Gasteiger partial charge in [0.2, 0.25) is 0 Å². The number of carbonyl (C=O) groups is 1. The van der Waals surface area contributed by atoms with Crippen molar-refractivity contribution in [1.29, 1.82) is 0 Å². The summed E-state index contributed by atoms with van der Waals surface area (Å²) in [6, 6.07) is 19.8. The summed E-state index contributed by atoms with van der Waals surface area (Å²) in [5.41, 5.74) is 2.19. The Balaban J connectivity index is 1.74. The second-order valence-corrected chi connectivity index (χ2v) is 8.82. The number of anilines is 1. The molecule has 1 heterocycles. The van der Waals surface area contributed by atoms with Gasteiger partial charge in [0.25, 0.3) is 5.91 Å². The van der Waals surface area contributed by atoms with Crippen LogP contribution in [0.15, 0.2) is 76.6 Å². The lowest BCUT2D eigenvalue weighted by Gasteiger charge is -2.15. The molecule has 4 rings (SSSR count). The third-order valence-electron chi connectivity index (χ3n) is 4.73. The number of benzene rings is 3. The maximum atomic E-state index is 13.4.